The van der Waals surface area contributed by atoms with Gasteiger partial charge in [0.25, 0.3) is 0 Å². The largest absolute Gasteiger partial charge is 0.490 e. The Labute approximate surface area is 127 Å². The first kappa shape index (κ1) is 15.7. The van der Waals surface area contributed by atoms with E-state index in [0.29, 0.717) is 19.7 Å². The molecular formula is C13H17BrFNO3S. The van der Waals surface area contributed by atoms with Gasteiger partial charge in [0.2, 0.25) is 10.0 Å². The highest BCUT2D eigenvalue weighted by Gasteiger charge is 2.26. The minimum Gasteiger partial charge on any atom is -0.490 e. The number of hydrogen-bond donors (Lipinski definition) is 0. The zero-order valence-corrected chi connectivity index (χ0v) is 13.6. The minimum atomic E-state index is -3.16. The van der Waals surface area contributed by atoms with Crippen molar-refractivity contribution in [3.05, 3.63) is 28.5 Å². The lowest BCUT2D eigenvalue weighted by molar-refractivity contribution is 0.176. The summed E-state index contributed by atoms with van der Waals surface area (Å²) >= 11 is 3.26. The molecule has 0 amide bonds. The summed E-state index contributed by atoms with van der Waals surface area (Å²) in [6.45, 7) is 1.31. The van der Waals surface area contributed by atoms with E-state index in [1.807, 2.05) is 0 Å². The van der Waals surface area contributed by atoms with Gasteiger partial charge in [-0.05, 0) is 31.0 Å². The van der Waals surface area contributed by atoms with Crippen molar-refractivity contribution in [3.63, 3.8) is 0 Å². The zero-order valence-electron chi connectivity index (χ0n) is 11.2. The summed E-state index contributed by atoms with van der Waals surface area (Å²) in [6.07, 6.45) is 2.91. The molecule has 1 fully saturated rings. The molecule has 1 aromatic carbocycles. The van der Waals surface area contributed by atoms with Crippen molar-refractivity contribution >= 4 is 26.0 Å². The van der Waals surface area contributed by atoms with E-state index in [-0.39, 0.29) is 11.7 Å². The molecule has 0 radical (unpaired) electrons. The van der Waals surface area contributed by atoms with Gasteiger partial charge in [0.15, 0.2) is 11.6 Å². The standard InChI is InChI=1S/C13H17BrFNO3S/c1-20(17,18)16-6-2-3-10(8-16)9-19-13-7-11(14)4-5-12(13)15/h4-5,7,10H,2-3,6,8-9H2,1H3. The molecule has 1 atom stereocenters. The van der Waals surface area contributed by atoms with Crippen LogP contribution in [0.5, 0.6) is 5.75 Å². The van der Waals surface area contributed by atoms with Crippen molar-refractivity contribution in [2.45, 2.75) is 12.8 Å². The zero-order chi connectivity index (χ0) is 14.8. The Morgan fingerprint density at radius 1 is 1.50 bits per heavy atom. The lowest BCUT2D eigenvalue weighted by Gasteiger charge is -2.30. The third kappa shape index (κ3) is 4.17. The topological polar surface area (TPSA) is 46.6 Å². The molecule has 2 rings (SSSR count). The fourth-order valence-corrected chi connectivity index (χ4v) is 3.54. The molecule has 4 nitrogen and oxygen atoms in total. The number of piperidine rings is 1. The Kier molecular flexibility index (Phi) is 5.04. The number of hydrogen-bond acceptors (Lipinski definition) is 3. The molecule has 0 aromatic heterocycles. The molecule has 1 heterocycles. The maximum Gasteiger partial charge on any atom is 0.211 e. The summed E-state index contributed by atoms with van der Waals surface area (Å²) in [5, 5.41) is 0. The van der Waals surface area contributed by atoms with Crippen LogP contribution < -0.4 is 4.74 Å². The van der Waals surface area contributed by atoms with Crippen molar-refractivity contribution in [2.75, 3.05) is 26.0 Å². The Hall–Kier alpha value is -0.660. The van der Waals surface area contributed by atoms with E-state index in [0.717, 1.165) is 17.3 Å². The SMILES string of the molecule is CS(=O)(=O)N1CCCC(COc2cc(Br)ccc2F)C1. The van der Waals surface area contributed by atoms with Gasteiger partial charge in [0.05, 0.1) is 12.9 Å². The molecular weight excluding hydrogens is 349 g/mol. The quantitative estimate of drug-likeness (QED) is 0.823. The Bertz CT molecular complexity index is 579. The van der Waals surface area contributed by atoms with Crippen LogP contribution in [-0.4, -0.2) is 38.7 Å². The van der Waals surface area contributed by atoms with Gasteiger partial charge in [-0.25, -0.2) is 17.1 Å². The summed E-state index contributed by atoms with van der Waals surface area (Å²) < 4.78 is 44.3. The van der Waals surface area contributed by atoms with Gasteiger partial charge in [-0.3, -0.25) is 0 Å². The third-order valence-corrected chi connectivity index (χ3v) is 5.08. The number of sulfonamides is 1. The predicted molar refractivity (Wildman–Crippen MR) is 78.7 cm³/mol. The molecule has 7 heteroatoms. The number of halogens is 2. The first-order chi connectivity index (χ1) is 9.36. The van der Waals surface area contributed by atoms with Crippen molar-refractivity contribution in [2.24, 2.45) is 5.92 Å². The molecule has 0 bridgehead atoms. The minimum absolute atomic E-state index is 0.0943. The maximum absolute atomic E-state index is 13.5. The van der Waals surface area contributed by atoms with Crippen LogP contribution in [0.2, 0.25) is 0 Å². The highest BCUT2D eigenvalue weighted by atomic mass is 79.9. The number of nitrogens with zero attached hydrogens (tertiary/aromatic N) is 1. The molecule has 0 spiro atoms. The van der Waals surface area contributed by atoms with E-state index in [4.69, 9.17) is 4.74 Å². The second-order valence-electron chi connectivity index (χ2n) is 5.02. The summed E-state index contributed by atoms with van der Waals surface area (Å²) in [6, 6.07) is 4.52. The predicted octanol–water partition coefficient (Wildman–Crippen LogP) is 2.64. The van der Waals surface area contributed by atoms with Crippen molar-refractivity contribution in [1.29, 1.82) is 0 Å². The smallest absolute Gasteiger partial charge is 0.211 e. The van der Waals surface area contributed by atoms with E-state index in [2.05, 4.69) is 15.9 Å². The van der Waals surface area contributed by atoms with E-state index < -0.39 is 15.8 Å². The van der Waals surface area contributed by atoms with Crippen LogP contribution in [-0.2, 0) is 10.0 Å². The normalized spacial score (nSPS) is 20.9. The highest BCUT2D eigenvalue weighted by molar-refractivity contribution is 9.10. The molecule has 0 aliphatic carbocycles. The van der Waals surface area contributed by atoms with Crippen LogP contribution in [0, 0.1) is 11.7 Å². The molecule has 112 valence electrons. The first-order valence-electron chi connectivity index (χ1n) is 6.39. The lowest BCUT2D eigenvalue weighted by Crippen LogP contribution is -2.40. The second kappa shape index (κ2) is 6.41. The van der Waals surface area contributed by atoms with Gasteiger partial charge in [-0.2, -0.15) is 0 Å². The molecule has 0 N–H and O–H groups in total. The summed E-state index contributed by atoms with van der Waals surface area (Å²) in [4.78, 5) is 0. The third-order valence-electron chi connectivity index (χ3n) is 3.32. The molecule has 1 aromatic rings. The molecule has 1 aliphatic rings. The Morgan fingerprint density at radius 3 is 2.95 bits per heavy atom. The average molecular weight is 366 g/mol. The van der Waals surface area contributed by atoms with Gasteiger partial charge < -0.3 is 4.74 Å². The van der Waals surface area contributed by atoms with Crippen LogP contribution in [0.15, 0.2) is 22.7 Å². The van der Waals surface area contributed by atoms with Gasteiger partial charge in [-0.15, -0.1) is 0 Å². The number of benzene rings is 1. The lowest BCUT2D eigenvalue weighted by atomic mass is 10.0. The van der Waals surface area contributed by atoms with E-state index >= 15 is 0 Å². The fourth-order valence-electron chi connectivity index (χ4n) is 2.26. The Morgan fingerprint density at radius 2 is 2.25 bits per heavy atom. The second-order valence-corrected chi connectivity index (χ2v) is 7.91. The fraction of sp³-hybridized carbons (Fsp3) is 0.538. The summed E-state index contributed by atoms with van der Waals surface area (Å²) in [5.41, 5.74) is 0. The number of ether oxygens (including phenoxy) is 1. The Balaban J connectivity index is 1.95. The van der Waals surface area contributed by atoms with E-state index in [1.165, 1.54) is 16.6 Å². The highest BCUT2D eigenvalue weighted by Crippen LogP contribution is 2.24. The molecule has 1 aliphatic heterocycles. The van der Waals surface area contributed by atoms with Crippen molar-refractivity contribution in [3.8, 4) is 5.75 Å². The van der Waals surface area contributed by atoms with Crippen LogP contribution >= 0.6 is 15.9 Å². The van der Waals surface area contributed by atoms with Crippen LogP contribution in [0.1, 0.15) is 12.8 Å². The van der Waals surface area contributed by atoms with Crippen LogP contribution in [0.3, 0.4) is 0 Å². The molecule has 0 saturated carbocycles. The molecule has 20 heavy (non-hydrogen) atoms. The molecule has 1 saturated heterocycles. The first-order valence-corrected chi connectivity index (χ1v) is 9.03. The summed E-state index contributed by atoms with van der Waals surface area (Å²) in [5.74, 6) is -0.128. The monoisotopic (exact) mass is 365 g/mol. The van der Waals surface area contributed by atoms with E-state index in [9.17, 15) is 12.8 Å². The van der Waals surface area contributed by atoms with Crippen molar-refractivity contribution < 1.29 is 17.5 Å². The van der Waals surface area contributed by atoms with Crippen LogP contribution in [0.25, 0.3) is 0 Å². The average Bonchev–Trinajstić information content (AvgIpc) is 2.39. The van der Waals surface area contributed by atoms with Crippen molar-refractivity contribution in [1.82, 2.24) is 4.31 Å². The van der Waals surface area contributed by atoms with E-state index in [1.54, 1.807) is 12.1 Å². The summed E-state index contributed by atoms with van der Waals surface area (Å²) in [7, 11) is -3.16. The van der Waals surface area contributed by atoms with Gasteiger partial charge >= 0.3 is 0 Å². The van der Waals surface area contributed by atoms with Crippen LogP contribution in [0.4, 0.5) is 4.39 Å². The molecule has 1 unspecified atom stereocenters. The number of rotatable bonds is 4. The van der Waals surface area contributed by atoms with Gasteiger partial charge in [0, 0.05) is 23.5 Å². The maximum atomic E-state index is 13.5. The van der Waals surface area contributed by atoms with Gasteiger partial charge in [-0.1, -0.05) is 15.9 Å². The van der Waals surface area contributed by atoms with Gasteiger partial charge in [0.1, 0.15) is 0 Å².